The average Bonchev–Trinajstić information content (AvgIpc) is 3.30. The Bertz CT molecular complexity index is 891. The van der Waals surface area contributed by atoms with Crippen LogP contribution in [-0.2, 0) is 23.8 Å². The van der Waals surface area contributed by atoms with Gasteiger partial charge in [0.2, 0.25) is 0 Å². The fraction of sp³-hybridized carbons (Fsp3) is 0.966. The van der Waals surface area contributed by atoms with Crippen molar-refractivity contribution in [3.8, 4) is 0 Å². The lowest BCUT2D eigenvalue weighted by Crippen LogP contribution is -2.29. The largest absolute Gasteiger partial charge is 0.463 e. The standard InChI is InChI=1S/C59H116O5/c1-4-7-10-13-16-19-22-25-28-30-32-35-38-41-44-47-50-53-59(61)64-56-57(62-54-51-48-45-42-39-36-33-29-26-23-20-17-14-11-8-5-2)55-63-58(60)52-49-46-43-40-37-34-31-27-24-21-18-15-12-9-6-3/h57H,4-56H2,1-3H3/t57-/m0/s1. The molecule has 0 amide bonds. The Kier molecular flexibility index (Phi) is 55.3. The molecule has 0 aromatic carbocycles. The summed E-state index contributed by atoms with van der Waals surface area (Å²) in [6.45, 7) is 7.83. The second kappa shape index (κ2) is 56.2. The molecule has 0 aliphatic carbocycles. The van der Waals surface area contributed by atoms with Crippen LogP contribution in [-0.4, -0.2) is 37.9 Å². The summed E-state index contributed by atoms with van der Waals surface area (Å²) in [5.74, 6) is -0.304. The molecule has 5 heteroatoms. The maximum absolute atomic E-state index is 12.7. The highest BCUT2D eigenvalue weighted by Gasteiger charge is 2.16. The van der Waals surface area contributed by atoms with Gasteiger partial charge < -0.3 is 14.2 Å². The molecule has 5 nitrogen and oxygen atoms in total. The SMILES string of the molecule is CCCCCCCCCCCCCCCCCCCC(=O)OC[C@H](COC(=O)CCCCCCCCCCCCCCCCC)OCCCCCCCCCCCCCCCCCC. The van der Waals surface area contributed by atoms with Crippen LogP contribution in [0.25, 0.3) is 0 Å². The van der Waals surface area contributed by atoms with E-state index in [1.807, 2.05) is 0 Å². The van der Waals surface area contributed by atoms with E-state index in [1.165, 1.54) is 270 Å². The smallest absolute Gasteiger partial charge is 0.305 e. The predicted molar refractivity (Wildman–Crippen MR) is 280 cm³/mol. The molecular weight excluding hydrogens is 789 g/mol. The fourth-order valence-corrected chi connectivity index (χ4v) is 9.20. The lowest BCUT2D eigenvalue weighted by atomic mass is 10.0. The maximum Gasteiger partial charge on any atom is 0.305 e. The van der Waals surface area contributed by atoms with Gasteiger partial charge in [-0.1, -0.05) is 310 Å². The molecule has 0 saturated heterocycles. The second-order valence-electron chi connectivity index (χ2n) is 20.3. The summed E-state index contributed by atoms with van der Waals surface area (Å²) in [4.78, 5) is 25.3. The van der Waals surface area contributed by atoms with E-state index in [4.69, 9.17) is 14.2 Å². The number of esters is 2. The third kappa shape index (κ3) is 53.5. The van der Waals surface area contributed by atoms with E-state index in [-0.39, 0.29) is 31.3 Å². The van der Waals surface area contributed by atoms with Gasteiger partial charge in [0.15, 0.2) is 0 Å². The minimum Gasteiger partial charge on any atom is -0.463 e. The Morgan fingerprint density at radius 2 is 0.453 bits per heavy atom. The number of carbonyl (C=O) groups is 2. The van der Waals surface area contributed by atoms with Crippen molar-refractivity contribution in [3.63, 3.8) is 0 Å². The van der Waals surface area contributed by atoms with Crippen molar-refractivity contribution in [2.24, 2.45) is 0 Å². The van der Waals surface area contributed by atoms with Crippen molar-refractivity contribution in [1.29, 1.82) is 0 Å². The zero-order valence-electron chi connectivity index (χ0n) is 44.1. The summed E-state index contributed by atoms with van der Waals surface area (Å²) in [7, 11) is 0. The highest BCUT2D eigenvalue weighted by Crippen LogP contribution is 2.18. The summed E-state index contributed by atoms with van der Waals surface area (Å²) in [5.41, 5.74) is 0. The van der Waals surface area contributed by atoms with E-state index < -0.39 is 0 Å². The van der Waals surface area contributed by atoms with E-state index in [9.17, 15) is 9.59 Å². The van der Waals surface area contributed by atoms with Gasteiger partial charge in [-0.15, -0.1) is 0 Å². The van der Waals surface area contributed by atoms with E-state index in [2.05, 4.69) is 20.8 Å². The Hall–Kier alpha value is -1.10. The number of ether oxygens (including phenoxy) is 3. The molecular formula is C59H116O5. The molecule has 0 saturated carbocycles. The van der Waals surface area contributed by atoms with Crippen LogP contribution < -0.4 is 0 Å². The minimum absolute atomic E-state index is 0.152. The average molecular weight is 906 g/mol. The van der Waals surface area contributed by atoms with Crippen LogP contribution in [0, 0.1) is 0 Å². The van der Waals surface area contributed by atoms with Crippen molar-refractivity contribution >= 4 is 11.9 Å². The summed E-state index contributed by atoms with van der Waals surface area (Å²) in [5, 5.41) is 0. The molecule has 0 rings (SSSR count). The van der Waals surface area contributed by atoms with Crippen LogP contribution in [0.2, 0.25) is 0 Å². The fourth-order valence-electron chi connectivity index (χ4n) is 9.20. The summed E-state index contributed by atoms with van der Waals surface area (Å²) >= 11 is 0. The molecule has 0 aliphatic heterocycles. The monoisotopic (exact) mass is 905 g/mol. The molecule has 0 heterocycles. The van der Waals surface area contributed by atoms with Crippen molar-refractivity contribution in [3.05, 3.63) is 0 Å². The number of carbonyl (C=O) groups excluding carboxylic acids is 2. The van der Waals surface area contributed by atoms with E-state index in [0.717, 1.165) is 38.5 Å². The van der Waals surface area contributed by atoms with Crippen molar-refractivity contribution in [2.45, 2.75) is 348 Å². The molecule has 0 unspecified atom stereocenters. The maximum atomic E-state index is 12.7. The van der Waals surface area contributed by atoms with Gasteiger partial charge >= 0.3 is 11.9 Å². The Morgan fingerprint density at radius 1 is 0.266 bits per heavy atom. The molecule has 0 aliphatic rings. The van der Waals surface area contributed by atoms with Gasteiger partial charge in [-0.25, -0.2) is 0 Å². The van der Waals surface area contributed by atoms with Crippen LogP contribution in [0.1, 0.15) is 342 Å². The predicted octanol–water partition coefficient (Wildman–Crippen LogP) is 20.0. The van der Waals surface area contributed by atoms with E-state index in [1.54, 1.807) is 0 Å². The molecule has 0 radical (unpaired) electrons. The molecule has 0 aromatic rings. The van der Waals surface area contributed by atoms with E-state index in [0.29, 0.717) is 19.4 Å². The minimum atomic E-state index is -0.388. The summed E-state index contributed by atoms with van der Waals surface area (Å²) < 4.78 is 17.5. The summed E-state index contributed by atoms with van der Waals surface area (Å²) in [6.07, 6.45) is 64.3. The normalized spacial score (nSPS) is 12.0. The highest BCUT2D eigenvalue weighted by molar-refractivity contribution is 5.69. The number of unbranched alkanes of at least 4 members (excludes halogenated alkanes) is 45. The molecule has 0 bridgehead atoms. The van der Waals surface area contributed by atoms with Crippen LogP contribution >= 0.6 is 0 Å². The zero-order valence-corrected chi connectivity index (χ0v) is 44.1. The highest BCUT2D eigenvalue weighted by atomic mass is 16.6. The van der Waals surface area contributed by atoms with Crippen molar-refractivity contribution in [2.75, 3.05) is 19.8 Å². The van der Waals surface area contributed by atoms with Gasteiger partial charge in [-0.3, -0.25) is 9.59 Å². The number of rotatable bonds is 56. The molecule has 0 N–H and O–H groups in total. The van der Waals surface area contributed by atoms with Gasteiger partial charge in [0.25, 0.3) is 0 Å². The van der Waals surface area contributed by atoms with Crippen LogP contribution in [0.15, 0.2) is 0 Å². The third-order valence-corrected chi connectivity index (χ3v) is 13.7. The lowest BCUT2D eigenvalue weighted by Gasteiger charge is -2.18. The van der Waals surface area contributed by atoms with Crippen molar-refractivity contribution in [1.82, 2.24) is 0 Å². The second-order valence-corrected chi connectivity index (χ2v) is 20.3. The van der Waals surface area contributed by atoms with E-state index >= 15 is 0 Å². The first-order valence-electron chi connectivity index (χ1n) is 29.6. The van der Waals surface area contributed by atoms with Gasteiger partial charge in [0.05, 0.1) is 0 Å². The number of hydrogen-bond acceptors (Lipinski definition) is 5. The van der Waals surface area contributed by atoms with Crippen LogP contribution in [0.4, 0.5) is 0 Å². The molecule has 64 heavy (non-hydrogen) atoms. The van der Waals surface area contributed by atoms with Gasteiger partial charge in [-0.2, -0.15) is 0 Å². The zero-order chi connectivity index (χ0) is 46.3. The van der Waals surface area contributed by atoms with Crippen LogP contribution in [0.3, 0.4) is 0 Å². The van der Waals surface area contributed by atoms with Crippen LogP contribution in [0.5, 0.6) is 0 Å². The quantitative estimate of drug-likeness (QED) is 0.0449. The third-order valence-electron chi connectivity index (χ3n) is 13.7. The van der Waals surface area contributed by atoms with Crippen molar-refractivity contribution < 1.29 is 23.8 Å². The van der Waals surface area contributed by atoms with Gasteiger partial charge in [-0.05, 0) is 19.3 Å². The first-order chi connectivity index (χ1) is 31.6. The molecule has 0 spiro atoms. The Balaban J connectivity index is 4.17. The molecule has 0 fully saturated rings. The van der Waals surface area contributed by atoms with Gasteiger partial charge in [0, 0.05) is 19.4 Å². The first kappa shape index (κ1) is 62.9. The topological polar surface area (TPSA) is 61.8 Å². The first-order valence-corrected chi connectivity index (χ1v) is 29.6. The molecule has 1 atom stereocenters. The Morgan fingerprint density at radius 3 is 0.672 bits per heavy atom. The molecule has 382 valence electrons. The molecule has 0 aromatic heterocycles. The Labute approximate surface area is 402 Å². The van der Waals surface area contributed by atoms with Gasteiger partial charge in [0.1, 0.15) is 19.3 Å². The number of hydrogen-bond donors (Lipinski definition) is 0. The summed E-state index contributed by atoms with van der Waals surface area (Å²) in [6, 6.07) is 0. The lowest BCUT2D eigenvalue weighted by molar-refractivity contribution is -0.155.